The molecule has 20 heavy (non-hydrogen) atoms. The van der Waals surface area contributed by atoms with Gasteiger partial charge < -0.3 is 16.0 Å². The van der Waals surface area contributed by atoms with E-state index in [-0.39, 0.29) is 24.1 Å². The standard InChI is InChI=1S/C14H16N4O2/c1-15-11-7-12(14(20)17-8-13(19)16-2)18-10-6-4-3-5-9(10)11/h3-7H,8H2,1-2H3,(H,15,18)(H,16,19)(H,17,20). The third kappa shape index (κ3) is 2.85. The number of likely N-dealkylation sites (N-methyl/N-ethyl adjacent to an activating group) is 1. The first kappa shape index (κ1) is 13.8. The predicted molar refractivity (Wildman–Crippen MR) is 77.7 cm³/mol. The molecule has 104 valence electrons. The summed E-state index contributed by atoms with van der Waals surface area (Å²) in [7, 11) is 3.30. The number of carbonyl (C=O) groups is 2. The Morgan fingerprint density at radius 3 is 2.65 bits per heavy atom. The fourth-order valence-electron chi connectivity index (χ4n) is 1.84. The van der Waals surface area contributed by atoms with Gasteiger partial charge in [-0.2, -0.15) is 0 Å². The van der Waals surface area contributed by atoms with Gasteiger partial charge in [0.1, 0.15) is 5.69 Å². The number of hydrogen-bond donors (Lipinski definition) is 3. The normalized spacial score (nSPS) is 10.1. The third-order valence-corrected chi connectivity index (χ3v) is 2.91. The maximum absolute atomic E-state index is 12.0. The van der Waals surface area contributed by atoms with Crippen molar-refractivity contribution in [3.05, 3.63) is 36.0 Å². The maximum Gasteiger partial charge on any atom is 0.270 e. The third-order valence-electron chi connectivity index (χ3n) is 2.91. The lowest BCUT2D eigenvalue weighted by atomic mass is 10.1. The fraction of sp³-hybridized carbons (Fsp3) is 0.214. The average Bonchev–Trinajstić information content (AvgIpc) is 2.50. The van der Waals surface area contributed by atoms with Gasteiger partial charge in [-0.15, -0.1) is 0 Å². The molecule has 0 radical (unpaired) electrons. The lowest BCUT2D eigenvalue weighted by Crippen LogP contribution is -2.35. The van der Waals surface area contributed by atoms with E-state index in [2.05, 4.69) is 20.9 Å². The highest BCUT2D eigenvalue weighted by atomic mass is 16.2. The second kappa shape index (κ2) is 6.01. The molecule has 0 aliphatic heterocycles. The summed E-state index contributed by atoms with van der Waals surface area (Å²) < 4.78 is 0. The summed E-state index contributed by atoms with van der Waals surface area (Å²) in [5, 5.41) is 8.95. The van der Waals surface area contributed by atoms with Crippen LogP contribution in [0.15, 0.2) is 30.3 Å². The SMILES string of the molecule is CNC(=O)CNC(=O)c1cc(NC)c2ccccc2n1. The van der Waals surface area contributed by atoms with E-state index in [1.807, 2.05) is 24.3 Å². The highest BCUT2D eigenvalue weighted by Gasteiger charge is 2.12. The van der Waals surface area contributed by atoms with Gasteiger partial charge in [0, 0.05) is 25.2 Å². The first-order valence-corrected chi connectivity index (χ1v) is 6.22. The van der Waals surface area contributed by atoms with Crippen molar-refractivity contribution in [3.8, 4) is 0 Å². The minimum Gasteiger partial charge on any atom is -0.388 e. The number of benzene rings is 1. The molecular weight excluding hydrogens is 256 g/mol. The molecule has 1 heterocycles. The van der Waals surface area contributed by atoms with Gasteiger partial charge >= 0.3 is 0 Å². The highest BCUT2D eigenvalue weighted by Crippen LogP contribution is 2.22. The monoisotopic (exact) mass is 272 g/mol. The molecule has 3 N–H and O–H groups in total. The van der Waals surface area contributed by atoms with E-state index in [1.165, 1.54) is 7.05 Å². The highest BCUT2D eigenvalue weighted by molar-refractivity contribution is 6.00. The smallest absolute Gasteiger partial charge is 0.270 e. The number of nitrogens with zero attached hydrogens (tertiary/aromatic N) is 1. The first-order chi connectivity index (χ1) is 9.65. The Morgan fingerprint density at radius 1 is 1.20 bits per heavy atom. The van der Waals surface area contributed by atoms with Crippen molar-refractivity contribution < 1.29 is 9.59 Å². The molecule has 0 aliphatic carbocycles. The zero-order valence-electron chi connectivity index (χ0n) is 11.4. The van der Waals surface area contributed by atoms with Gasteiger partial charge in [0.15, 0.2) is 0 Å². The van der Waals surface area contributed by atoms with Crippen LogP contribution >= 0.6 is 0 Å². The second-order valence-corrected chi connectivity index (χ2v) is 4.18. The molecule has 1 aromatic carbocycles. The summed E-state index contributed by atoms with van der Waals surface area (Å²) in [4.78, 5) is 27.4. The summed E-state index contributed by atoms with van der Waals surface area (Å²) in [6, 6.07) is 9.21. The molecule has 2 rings (SSSR count). The van der Waals surface area contributed by atoms with E-state index in [9.17, 15) is 9.59 Å². The van der Waals surface area contributed by atoms with E-state index in [1.54, 1.807) is 13.1 Å². The summed E-state index contributed by atoms with van der Waals surface area (Å²) in [6.45, 7) is -0.0707. The lowest BCUT2D eigenvalue weighted by Gasteiger charge is -2.09. The number of anilines is 1. The Balaban J connectivity index is 2.30. The van der Waals surface area contributed by atoms with Crippen LogP contribution in [-0.4, -0.2) is 37.4 Å². The number of hydrogen-bond acceptors (Lipinski definition) is 4. The number of pyridine rings is 1. The number of rotatable bonds is 4. The molecule has 0 saturated carbocycles. The minimum atomic E-state index is -0.379. The van der Waals surface area contributed by atoms with Crippen LogP contribution in [0.1, 0.15) is 10.5 Å². The number of fused-ring (bicyclic) bond motifs is 1. The van der Waals surface area contributed by atoms with Gasteiger partial charge in [-0.05, 0) is 12.1 Å². The molecule has 0 saturated heterocycles. The number of nitrogens with one attached hydrogen (secondary N) is 3. The van der Waals surface area contributed by atoms with Gasteiger partial charge in [-0.25, -0.2) is 4.98 Å². The average molecular weight is 272 g/mol. The molecule has 1 aromatic heterocycles. The first-order valence-electron chi connectivity index (χ1n) is 6.22. The van der Waals surface area contributed by atoms with Gasteiger partial charge in [0.25, 0.3) is 5.91 Å². The van der Waals surface area contributed by atoms with Crippen molar-refractivity contribution in [2.24, 2.45) is 0 Å². The molecular formula is C14H16N4O2. The Labute approximate surface area is 116 Å². The van der Waals surface area contributed by atoms with Crippen molar-refractivity contribution in [1.29, 1.82) is 0 Å². The summed E-state index contributed by atoms with van der Waals surface area (Å²) >= 11 is 0. The molecule has 6 heteroatoms. The van der Waals surface area contributed by atoms with Crippen molar-refractivity contribution >= 4 is 28.4 Å². The molecule has 6 nitrogen and oxygen atoms in total. The predicted octanol–water partition coefficient (Wildman–Crippen LogP) is 0.752. The quantitative estimate of drug-likeness (QED) is 0.767. The van der Waals surface area contributed by atoms with Crippen LogP contribution in [0, 0.1) is 0 Å². The minimum absolute atomic E-state index is 0.0707. The molecule has 2 amide bonds. The Morgan fingerprint density at radius 2 is 1.95 bits per heavy atom. The molecule has 2 aromatic rings. The Hall–Kier alpha value is -2.63. The van der Waals surface area contributed by atoms with Crippen LogP contribution in [0.4, 0.5) is 5.69 Å². The van der Waals surface area contributed by atoms with Gasteiger partial charge in [-0.1, -0.05) is 18.2 Å². The van der Waals surface area contributed by atoms with Crippen LogP contribution in [0.5, 0.6) is 0 Å². The summed E-state index contributed by atoms with van der Waals surface area (Å²) in [6.07, 6.45) is 0. The van der Waals surface area contributed by atoms with Crippen LogP contribution in [0.2, 0.25) is 0 Å². The number of para-hydroxylation sites is 1. The fourth-order valence-corrected chi connectivity index (χ4v) is 1.84. The van der Waals surface area contributed by atoms with Crippen molar-refractivity contribution in [2.75, 3.05) is 26.0 Å². The van der Waals surface area contributed by atoms with Crippen molar-refractivity contribution in [1.82, 2.24) is 15.6 Å². The molecule has 0 unspecified atom stereocenters. The Bertz CT molecular complexity index is 655. The number of carbonyl (C=O) groups excluding carboxylic acids is 2. The van der Waals surface area contributed by atoms with E-state index in [0.29, 0.717) is 0 Å². The molecule has 0 fully saturated rings. The molecule has 0 spiro atoms. The lowest BCUT2D eigenvalue weighted by molar-refractivity contribution is -0.119. The topological polar surface area (TPSA) is 83.1 Å². The zero-order chi connectivity index (χ0) is 14.5. The van der Waals surface area contributed by atoms with E-state index >= 15 is 0 Å². The Kier molecular flexibility index (Phi) is 4.14. The number of aromatic nitrogens is 1. The van der Waals surface area contributed by atoms with E-state index in [0.717, 1.165) is 16.6 Å². The van der Waals surface area contributed by atoms with Crippen LogP contribution < -0.4 is 16.0 Å². The van der Waals surface area contributed by atoms with Gasteiger partial charge in [0.2, 0.25) is 5.91 Å². The van der Waals surface area contributed by atoms with Gasteiger partial charge in [-0.3, -0.25) is 9.59 Å². The summed E-state index contributed by atoms with van der Waals surface area (Å²) in [5.41, 5.74) is 1.82. The second-order valence-electron chi connectivity index (χ2n) is 4.18. The van der Waals surface area contributed by atoms with Crippen molar-refractivity contribution in [3.63, 3.8) is 0 Å². The number of amides is 2. The largest absolute Gasteiger partial charge is 0.388 e. The molecule has 0 atom stereocenters. The van der Waals surface area contributed by atoms with Crippen LogP contribution in [0.3, 0.4) is 0 Å². The van der Waals surface area contributed by atoms with Crippen LogP contribution in [0.25, 0.3) is 10.9 Å². The zero-order valence-corrected chi connectivity index (χ0v) is 11.4. The molecule has 0 aliphatic rings. The van der Waals surface area contributed by atoms with Crippen molar-refractivity contribution in [2.45, 2.75) is 0 Å². The van der Waals surface area contributed by atoms with E-state index in [4.69, 9.17) is 0 Å². The maximum atomic E-state index is 12.0. The van der Waals surface area contributed by atoms with Crippen LogP contribution in [-0.2, 0) is 4.79 Å². The molecule has 0 bridgehead atoms. The summed E-state index contributed by atoms with van der Waals surface area (Å²) in [5.74, 6) is -0.635. The van der Waals surface area contributed by atoms with E-state index < -0.39 is 0 Å². The van der Waals surface area contributed by atoms with Gasteiger partial charge in [0.05, 0.1) is 12.1 Å².